The quantitative estimate of drug-likeness (QED) is 0.460. The summed E-state index contributed by atoms with van der Waals surface area (Å²) >= 11 is 0. The number of ether oxygens (including phenoxy) is 2. The fraction of sp³-hybridized carbons (Fsp3) is 0.286. The molecule has 1 aliphatic heterocycles. The molecule has 122 valence electrons. The maximum atomic E-state index is 11.9. The van der Waals surface area contributed by atoms with Gasteiger partial charge in [-0.05, 0) is 13.0 Å². The van der Waals surface area contributed by atoms with Gasteiger partial charge >= 0.3 is 12.0 Å². The Morgan fingerprint density at radius 1 is 1.43 bits per heavy atom. The van der Waals surface area contributed by atoms with Crippen molar-refractivity contribution in [3.05, 3.63) is 45.6 Å². The fourth-order valence-corrected chi connectivity index (χ4v) is 1.91. The first-order valence-corrected chi connectivity index (χ1v) is 6.82. The molecule has 0 atom stereocenters. The molecule has 2 N–H and O–H groups in total. The van der Waals surface area contributed by atoms with Crippen LogP contribution in [0.1, 0.15) is 6.92 Å². The van der Waals surface area contributed by atoms with Crippen LogP contribution < -0.4 is 15.4 Å². The third kappa shape index (κ3) is 4.19. The highest BCUT2D eigenvalue weighted by Gasteiger charge is 2.24. The number of carbonyl (C=O) groups is 2. The lowest BCUT2D eigenvalue weighted by molar-refractivity contribution is -0.384. The molecule has 0 fully saturated rings. The van der Waals surface area contributed by atoms with Crippen molar-refractivity contribution in [1.82, 2.24) is 10.6 Å². The summed E-state index contributed by atoms with van der Waals surface area (Å²) in [5, 5.41) is 15.7. The van der Waals surface area contributed by atoms with Crippen molar-refractivity contribution >= 4 is 17.7 Å². The summed E-state index contributed by atoms with van der Waals surface area (Å²) in [6.45, 7) is 1.78. The van der Waals surface area contributed by atoms with E-state index in [1.807, 2.05) is 0 Å². The molecule has 0 aliphatic carbocycles. The van der Waals surface area contributed by atoms with Crippen LogP contribution in [-0.2, 0) is 9.53 Å². The van der Waals surface area contributed by atoms with Crippen molar-refractivity contribution in [3.63, 3.8) is 0 Å². The Hall–Kier alpha value is -3.10. The number of esters is 1. The standard InChI is InChI=1S/C14H15N3O6/c1-2-22-13(18)11-7-15-14(19)16-12(11)8-23-10-5-3-4-9(6-10)17(20)21/h3-6H,2,7-8H2,1H3,(H2,15,16,19). The van der Waals surface area contributed by atoms with Crippen molar-refractivity contribution in [2.75, 3.05) is 19.8 Å². The largest absolute Gasteiger partial charge is 0.487 e. The van der Waals surface area contributed by atoms with Gasteiger partial charge in [-0.1, -0.05) is 6.07 Å². The maximum Gasteiger partial charge on any atom is 0.337 e. The number of hydrogen-bond donors (Lipinski definition) is 2. The monoisotopic (exact) mass is 321 g/mol. The van der Waals surface area contributed by atoms with Gasteiger partial charge in [0, 0.05) is 6.07 Å². The van der Waals surface area contributed by atoms with Crippen molar-refractivity contribution in [3.8, 4) is 5.75 Å². The topological polar surface area (TPSA) is 120 Å². The first-order chi connectivity index (χ1) is 11.0. The van der Waals surface area contributed by atoms with Gasteiger partial charge in [-0.2, -0.15) is 0 Å². The average Bonchev–Trinajstić information content (AvgIpc) is 2.53. The van der Waals surface area contributed by atoms with Gasteiger partial charge in [0.1, 0.15) is 12.4 Å². The van der Waals surface area contributed by atoms with E-state index in [-0.39, 0.29) is 42.5 Å². The number of nitrogens with zero attached hydrogens (tertiary/aromatic N) is 1. The zero-order chi connectivity index (χ0) is 16.8. The fourth-order valence-electron chi connectivity index (χ4n) is 1.91. The summed E-state index contributed by atoms with van der Waals surface area (Å²) < 4.78 is 10.3. The third-order valence-electron chi connectivity index (χ3n) is 2.99. The van der Waals surface area contributed by atoms with Crippen LogP contribution in [-0.4, -0.2) is 36.7 Å². The SMILES string of the molecule is CCOC(=O)C1=C(COc2cccc([N+](=O)[O-])c2)NC(=O)NC1. The second kappa shape index (κ2) is 7.25. The number of non-ortho nitro benzene ring substituents is 1. The molecular weight excluding hydrogens is 306 g/mol. The molecule has 1 heterocycles. The van der Waals surface area contributed by atoms with E-state index >= 15 is 0 Å². The third-order valence-corrected chi connectivity index (χ3v) is 2.99. The van der Waals surface area contributed by atoms with Crippen molar-refractivity contribution in [2.45, 2.75) is 6.92 Å². The van der Waals surface area contributed by atoms with E-state index < -0.39 is 16.9 Å². The molecule has 0 spiro atoms. The molecule has 0 radical (unpaired) electrons. The second-order valence-electron chi connectivity index (χ2n) is 4.53. The molecule has 0 saturated heterocycles. The second-order valence-corrected chi connectivity index (χ2v) is 4.53. The minimum Gasteiger partial charge on any atom is -0.487 e. The minimum absolute atomic E-state index is 0.0261. The Kier molecular flexibility index (Phi) is 5.13. The van der Waals surface area contributed by atoms with Gasteiger partial charge in [0.15, 0.2) is 0 Å². The number of carbonyl (C=O) groups excluding carboxylic acids is 2. The molecule has 2 amide bonds. The number of rotatable bonds is 6. The molecule has 0 saturated carbocycles. The molecule has 9 heteroatoms. The zero-order valence-electron chi connectivity index (χ0n) is 12.3. The highest BCUT2D eigenvalue weighted by atomic mass is 16.6. The van der Waals surface area contributed by atoms with E-state index in [9.17, 15) is 19.7 Å². The summed E-state index contributed by atoms with van der Waals surface area (Å²) in [7, 11) is 0. The van der Waals surface area contributed by atoms with Crippen LogP contribution in [0.25, 0.3) is 0 Å². The van der Waals surface area contributed by atoms with Crippen LogP contribution in [0.5, 0.6) is 5.75 Å². The lowest BCUT2D eigenvalue weighted by Gasteiger charge is -2.21. The first kappa shape index (κ1) is 16.3. The lowest BCUT2D eigenvalue weighted by Crippen LogP contribution is -2.45. The van der Waals surface area contributed by atoms with E-state index in [1.54, 1.807) is 13.0 Å². The molecule has 2 rings (SSSR count). The van der Waals surface area contributed by atoms with Gasteiger partial charge < -0.3 is 20.1 Å². The number of hydrogen-bond acceptors (Lipinski definition) is 6. The van der Waals surface area contributed by atoms with Crippen LogP contribution in [0.2, 0.25) is 0 Å². The Balaban J connectivity index is 2.14. The normalized spacial score (nSPS) is 13.9. The highest BCUT2D eigenvalue weighted by Crippen LogP contribution is 2.20. The molecule has 1 aromatic carbocycles. The Bertz CT molecular complexity index is 670. The number of nitro groups is 1. The summed E-state index contributed by atoms with van der Waals surface area (Å²) in [6.07, 6.45) is 0. The predicted molar refractivity (Wildman–Crippen MR) is 78.8 cm³/mol. The Labute approximate surface area is 131 Å². The molecule has 1 aliphatic rings. The molecular formula is C14H15N3O6. The van der Waals surface area contributed by atoms with Gasteiger partial charge in [-0.25, -0.2) is 9.59 Å². The molecule has 0 bridgehead atoms. The van der Waals surface area contributed by atoms with Crippen LogP contribution in [0.4, 0.5) is 10.5 Å². The number of urea groups is 1. The van der Waals surface area contributed by atoms with Crippen molar-refractivity contribution < 1.29 is 24.0 Å². The van der Waals surface area contributed by atoms with E-state index in [2.05, 4.69) is 10.6 Å². The molecule has 9 nitrogen and oxygen atoms in total. The number of benzene rings is 1. The van der Waals surface area contributed by atoms with E-state index in [1.165, 1.54) is 18.2 Å². The number of nitrogens with one attached hydrogen (secondary N) is 2. The van der Waals surface area contributed by atoms with Crippen LogP contribution in [0.3, 0.4) is 0 Å². The van der Waals surface area contributed by atoms with Gasteiger partial charge in [-0.3, -0.25) is 10.1 Å². The van der Waals surface area contributed by atoms with Crippen LogP contribution in [0, 0.1) is 10.1 Å². The highest BCUT2D eigenvalue weighted by molar-refractivity contribution is 5.93. The predicted octanol–water partition coefficient (Wildman–Crippen LogP) is 1.10. The van der Waals surface area contributed by atoms with E-state index in [0.29, 0.717) is 0 Å². The Morgan fingerprint density at radius 3 is 2.91 bits per heavy atom. The molecule has 0 aromatic heterocycles. The number of amides is 2. The average molecular weight is 321 g/mol. The van der Waals surface area contributed by atoms with Gasteiger partial charge in [-0.15, -0.1) is 0 Å². The zero-order valence-corrected chi connectivity index (χ0v) is 12.3. The first-order valence-electron chi connectivity index (χ1n) is 6.82. The van der Waals surface area contributed by atoms with Crippen molar-refractivity contribution in [1.29, 1.82) is 0 Å². The van der Waals surface area contributed by atoms with E-state index in [0.717, 1.165) is 0 Å². The van der Waals surface area contributed by atoms with Gasteiger partial charge in [0.25, 0.3) is 5.69 Å². The van der Waals surface area contributed by atoms with Crippen LogP contribution >= 0.6 is 0 Å². The van der Waals surface area contributed by atoms with Crippen molar-refractivity contribution in [2.24, 2.45) is 0 Å². The number of nitro benzene ring substituents is 1. The summed E-state index contributed by atoms with van der Waals surface area (Å²) in [6, 6.07) is 5.15. The van der Waals surface area contributed by atoms with Gasteiger partial charge in [0.05, 0.1) is 35.4 Å². The molecule has 23 heavy (non-hydrogen) atoms. The molecule has 0 unspecified atom stereocenters. The Morgan fingerprint density at radius 2 is 2.22 bits per heavy atom. The van der Waals surface area contributed by atoms with E-state index in [4.69, 9.17) is 9.47 Å². The summed E-state index contributed by atoms with van der Waals surface area (Å²) in [5.41, 5.74) is 0.395. The van der Waals surface area contributed by atoms with Gasteiger partial charge in [0.2, 0.25) is 0 Å². The maximum absolute atomic E-state index is 11.9. The van der Waals surface area contributed by atoms with Crippen LogP contribution in [0.15, 0.2) is 35.5 Å². The summed E-state index contributed by atoms with van der Waals surface area (Å²) in [4.78, 5) is 33.4. The summed E-state index contributed by atoms with van der Waals surface area (Å²) in [5.74, 6) is -0.305. The smallest absolute Gasteiger partial charge is 0.337 e. The lowest BCUT2D eigenvalue weighted by atomic mass is 10.1. The molecule has 1 aromatic rings. The minimum atomic E-state index is -0.558.